The van der Waals surface area contributed by atoms with Crippen molar-refractivity contribution in [2.45, 2.75) is 59.4 Å². The van der Waals surface area contributed by atoms with Crippen molar-refractivity contribution in [2.24, 2.45) is 29.4 Å². The van der Waals surface area contributed by atoms with Gasteiger partial charge in [0, 0.05) is 6.04 Å². The summed E-state index contributed by atoms with van der Waals surface area (Å²) in [4.78, 5) is 0. The summed E-state index contributed by atoms with van der Waals surface area (Å²) in [7, 11) is 0. The second kappa shape index (κ2) is 7.38. The molecule has 2 atom stereocenters. The molecule has 0 heterocycles. The van der Waals surface area contributed by atoms with Crippen molar-refractivity contribution in [2.75, 3.05) is 13.1 Å². The van der Waals surface area contributed by atoms with Gasteiger partial charge in [0.2, 0.25) is 0 Å². The molecule has 17 heavy (non-hydrogen) atoms. The van der Waals surface area contributed by atoms with Gasteiger partial charge < -0.3 is 11.1 Å². The summed E-state index contributed by atoms with van der Waals surface area (Å²) in [6, 6.07) is 0.675. The largest absolute Gasteiger partial charge is 0.330 e. The van der Waals surface area contributed by atoms with E-state index in [9.17, 15) is 0 Å². The van der Waals surface area contributed by atoms with Gasteiger partial charge in [-0.3, -0.25) is 0 Å². The Labute approximate surface area is 108 Å². The second-order valence-corrected chi connectivity index (χ2v) is 6.45. The first-order valence-corrected chi connectivity index (χ1v) is 7.49. The standard InChI is InChI=1S/C15H32N2/c1-11(2)14(12(3)4)10-17-15-8-6-5-7-13(15)9-16/h11-15,17H,5-10,16H2,1-4H3. The zero-order valence-corrected chi connectivity index (χ0v) is 12.2. The Morgan fingerprint density at radius 3 is 2.18 bits per heavy atom. The maximum absolute atomic E-state index is 5.88. The van der Waals surface area contributed by atoms with E-state index in [2.05, 4.69) is 33.0 Å². The van der Waals surface area contributed by atoms with E-state index in [1.54, 1.807) is 0 Å². The predicted octanol–water partition coefficient (Wildman–Crippen LogP) is 3.02. The van der Waals surface area contributed by atoms with Gasteiger partial charge in [-0.25, -0.2) is 0 Å². The van der Waals surface area contributed by atoms with Crippen LogP contribution in [0.2, 0.25) is 0 Å². The molecule has 2 nitrogen and oxygen atoms in total. The van der Waals surface area contributed by atoms with Gasteiger partial charge >= 0.3 is 0 Å². The van der Waals surface area contributed by atoms with Crippen molar-refractivity contribution >= 4 is 0 Å². The van der Waals surface area contributed by atoms with Gasteiger partial charge in [-0.2, -0.15) is 0 Å². The van der Waals surface area contributed by atoms with Crippen LogP contribution in [0.1, 0.15) is 53.4 Å². The van der Waals surface area contributed by atoms with Crippen molar-refractivity contribution in [3.63, 3.8) is 0 Å². The molecule has 0 radical (unpaired) electrons. The Kier molecular flexibility index (Phi) is 6.50. The summed E-state index contributed by atoms with van der Waals surface area (Å²) in [5.41, 5.74) is 5.88. The normalized spacial score (nSPS) is 26.1. The smallest absolute Gasteiger partial charge is 0.0107 e. The molecule has 0 bridgehead atoms. The molecule has 2 unspecified atom stereocenters. The number of rotatable bonds is 6. The number of nitrogens with one attached hydrogen (secondary N) is 1. The third-order valence-electron chi connectivity index (χ3n) is 4.54. The zero-order chi connectivity index (χ0) is 12.8. The van der Waals surface area contributed by atoms with Crippen molar-refractivity contribution < 1.29 is 0 Å². The average Bonchev–Trinajstić information content (AvgIpc) is 2.29. The van der Waals surface area contributed by atoms with Crippen LogP contribution in [0.25, 0.3) is 0 Å². The molecule has 1 aliphatic carbocycles. The highest BCUT2D eigenvalue weighted by atomic mass is 14.9. The van der Waals surface area contributed by atoms with Crippen molar-refractivity contribution in [3.05, 3.63) is 0 Å². The lowest BCUT2D eigenvalue weighted by atomic mass is 9.82. The zero-order valence-electron chi connectivity index (χ0n) is 12.2. The van der Waals surface area contributed by atoms with Crippen molar-refractivity contribution in [1.29, 1.82) is 0 Å². The third kappa shape index (κ3) is 4.59. The summed E-state index contributed by atoms with van der Waals surface area (Å²) in [6.45, 7) is 11.4. The van der Waals surface area contributed by atoms with Crippen LogP contribution < -0.4 is 11.1 Å². The Balaban J connectivity index is 2.41. The minimum Gasteiger partial charge on any atom is -0.330 e. The maximum Gasteiger partial charge on any atom is 0.0107 e. The molecule has 0 spiro atoms. The summed E-state index contributed by atoms with van der Waals surface area (Å²) < 4.78 is 0. The molecule has 0 aliphatic heterocycles. The monoisotopic (exact) mass is 240 g/mol. The van der Waals surface area contributed by atoms with Gasteiger partial charge in [0.1, 0.15) is 0 Å². The average molecular weight is 240 g/mol. The molecular formula is C15H32N2. The van der Waals surface area contributed by atoms with Crippen molar-refractivity contribution in [3.8, 4) is 0 Å². The molecule has 3 N–H and O–H groups in total. The lowest BCUT2D eigenvalue weighted by Crippen LogP contribution is -2.45. The van der Waals surface area contributed by atoms with Crippen LogP contribution in [-0.4, -0.2) is 19.1 Å². The molecule has 0 saturated heterocycles. The lowest BCUT2D eigenvalue weighted by Gasteiger charge is -2.34. The molecule has 1 saturated carbocycles. The van der Waals surface area contributed by atoms with Crippen molar-refractivity contribution in [1.82, 2.24) is 5.32 Å². The summed E-state index contributed by atoms with van der Waals surface area (Å²) in [5.74, 6) is 3.03. The minimum absolute atomic E-state index is 0.675. The van der Waals surface area contributed by atoms with Crippen LogP contribution in [0, 0.1) is 23.7 Å². The van der Waals surface area contributed by atoms with Crippen LogP contribution in [0.4, 0.5) is 0 Å². The van der Waals surface area contributed by atoms with Gasteiger partial charge in [0.15, 0.2) is 0 Å². The van der Waals surface area contributed by atoms with Crippen LogP contribution in [-0.2, 0) is 0 Å². The van der Waals surface area contributed by atoms with E-state index in [1.165, 1.54) is 25.7 Å². The van der Waals surface area contributed by atoms with Crippen LogP contribution >= 0.6 is 0 Å². The summed E-state index contributed by atoms with van der Waals surface area (Å²) in [6.07, 6.45) is 5.40. The van der Waals surface area contributed by atoms with E-state index in [-0.39, 0.29) is 0 Å². The van der Waals surface area contributed by atoms with E-state index >= 15 is 0 Å². The highest BCUT2D eigenvalue weighted by molar-refractivity contribution is 4.83. The first-order chi connectivity index (χ1) is 8.06. The molecule has 1 fully saturated rings. The SMILES string of the molecule is CC(C)C(CNC1CCCCC1CN)C(C)C. The molecule has 0 aromatic heterocycles. The van der Waals surface area contributed by atoms with E-state index in [4.69, 9.17) is 5.73 Å². The fraction of sp³-hybridized carbons (Fsp3) is 1.00. The van der Waals surface area contributed by atoms with Gasteiger partial charge in [-0.1, -0.05) is 40.5 Å². The summed E-state index contributed by atoms with van der Waals surface area (Å²) >= 11 is 0. The topological polar surface area (TPSA) is 38.0 Å². The number of hydrogen-bond acceptors (Lipinski definition) is 2. The highest BCUT2D eigenvalue weighted by Gasteiger charge is 2.25. The summed E-state index contributed by atoms with van der Waals surface area (Å²) in [5, 5.41) is 3.81. The van der Waals surface area contributed by atoms with Gasteiger partial charge in [-0.15, -0.1) is 0 Å². The van der Waals surface area contributed by atoms with E-state index < -0.39 is 0 Å². The Morgan fingerprint density at radius 1 is 1.06 bits per heavy atom. The Morgan fingerprint density at radius 2 is 1.65 bits per heavy atom. The van der Waals surface area contributed by atoms with E-state index in [0.717, 1.165) is 30.8 Å². The van der Waals surface area contributed by atoms with Gasteiger partial charge in [0.05, 0.1) is 0 Å². The predicted molar refractivity (Wildman–Crippen MR) is 76.0 cm³/mol. The number of nitrogens with two attached hydrogens (primary N) is 1. The van der Waals surface area contributed by atoms with Crippen LogP contribution in [0.3, 0.4) is 0 Å². The number of hydrogen-bond donors (Lipinski definition) is 2. The molecule has 2 heteroatoms. The fourth-order valence-corrected chi connectivity index (χ4v) is 3.29. The Bertz CT molecular complexity index is 193. The fourth-order valence-electron chi connectivity index (χ4n) is 3.29. The molecular weight excluding hydrogens is 208 g/mol. The highest BCUT2D eigenvalue weighted by Crippen LogP contribution is 2.25. The molecule has 0 aromatic carbocycles. The Hall–Kier alpha value is -0.0800. The molecule has 102 valence electrons. The van der Waals surface area contributed by atoms with E-state index in [1.807, 2.05) is 0 Å². The van der Waals surface area contributed by atoms with E-state index in [0.29, 0.717) is 12.0 Å². The van der Waals surface area contributed by atoms with Gasteiger partial charge in [-0.05, 0) is 49.6 Å². The lowest BCUT2D eigenvalue weighted by molar-refractivity contribution is 0.218. The molecule has 1 rings (SSSR count). The second-order valence-electron chi connectivity index (χ2n) is 6.45. The minimum atomic E-state index is 0.675. The van der Waals surface area contributed by atoms with Crippen LogP contribution in [0.5, 0.6) is 0 Å². The quantitative estimate of drug-likeness (QED) is 0.749. The third-order valence-corrected chi connectivity index (χ3v) is 4.54. The molecule has 1 aliphatic rings. The first kappa shape index (κ1) is 15.0. The van der Waals surface area contributed by atoms with Crippen LogP contribution in [0.15, 0.2) is 0 Å². The maximum atomic E-state index is 5.88. The van der Waals surface area contributed by atoms with Gasteiger partial charge in [0.25, 0.3) is 0 Å². The first-order valence-electron chi connectivity index (χ1n) is 7.49. The molecule has 0 amide bonds. The molecule has 0 aromatic rings.